The van der Waals surface area contributed by atoms with Crippen molar-refractivity contribution in [2.45, 2.75) is 6.92 Å². The molecule has 1 saturated heterocycles. The van der Waals surface area contributed by atoms with E-state index in [1.54, 1.807) is 0 Å². The van der Waals surface area contributed by atoms with Crippen LogP contribution in [-0.2, 0) is 4.74 Å². The van der Waals surface area contributed by atoms with Crippen LogP contribution >= 0.6 is 11.6 Å². The summed E-state index contributed by atoms with van der Waals surface area (Å²) in [6, 6.07) is 5.98. The van der Waals surface area contributed by atoms with Gasteiger partial charge in [-0.1, -0.05) is 11.8 Å². The van der Waals surface area contributed by atoms with Gasteiger partial charge in [0.15, 0.2) is 0 Å². The van der Waals surface area contributed by atoms with Gasteiger partial charge in [-0.05, 0) is 30.7 Å². The Balaban J connectivity index is 1.83. The van der Waals surface area contributed by atoms with Crippen LogP contribution in [0.15, 0.2) is 18.2 Å². The Labute approximate surface area is 125 Å². The fraction of sp³-hybridized carbons (Fsp3) is 0.500. The van der Waals surface area contributed by atoms with E-state index in [-0.39, 0.29) is 0 Å². The Kier molecular flexibility index (Phi) is 6.20. The first kappa shape index (κ1) is 15.2. The van der Waals surface area contributed by atoms with Crippen molar-refractivity contribution in [3.05, 3.63) is 29.3 Å². The number of ether oxygens (including phenoxy) is 2. The van der Waals surface area contributed by atoms with Crippen molar-refractivity contribution in [3.63, 3.8) is 0 Å². The summed E-state index contributed by atoms with van der Waals surface area (Å²) in [6.07, 6.45) is 0. The van der Waals surface area contributed by atoms with Gasteiger partial charge in [0.2, 0.25) is 0 Å². The van der Waals surface area contributed by atoms with Crippen LogP contribution < -0.4 is 4.74 Å². The highest BCUT2D eigenvalue weighted by molar-refractivity contribution is 6.19. The first-order valence-electron chi connectivity index (χ1n) is 6.88. The second-order valence-corrected chi connectivity index (χ2v) is 4.99. The standard InChI is InChI=1S/C16H20ClNO2/c1-14-13-15(3-2-6-17)4-5-16(14)20-12-9-18-7-10-19-11-8-18/h4-5,13H,6-12H2,1H3. The maximum atomic E-state index is 5.84. The summed E-state index contributed by atoms with van der Waals surface area (Å²) in [6.45, 7) is 7.32. The number of morpholine rings is 1. The maximum absolute atomic E-state index is 5.84. The second kappa shape index (κ2) is 8.16. The summed E-state index contributed by atoms with van der Waals surface area (Å²) in [4.78, 5) is 2.36. The first-order valence-corrected chi connectivity index (χ1v) is 7.41. The molecule has 0 aromatic heterocycles. The fourth-order valence-electron chi connectivity index (χ4n) is 2.13. The zero-order chi connectivity index (χ0) is 14.2. The van der Waals surface area contributed by atoms with E-state index in [1.807, 2.05) is 25.1 Å². The quantitative estimate of drug-likeness (QED) is 0.628. The average Bonchev–Trinajstić information content (AvgIpc) is 2.48. The van der Waals surface area contributed by atoms with E-state index in [0.717, 1.165) is 49.7 Å². The first-order chi connectivity index (χ1) is 9.79. The number of rotatable bonds is 4. The van der Waals surface area contributed by atoms with E-state index in [1.165, 1.54) is 0 Å². The lowest BCUT2D eigenvalue weighted by Gasteiger charge is -2.26. The van der Waals surface area contributed by atoms with E-state index in [2.05, 4.69) is 16.7 Å². The highest BCUT2D eigenvalue weighted by atomic mass is 35.5. The lowest BCUT2D eigenvalue weighted by atomic mass is 10.1. The van der Waals surface area contributed by atoms with E-state index in [4.69, 9.17) is 21.1 Å². The summed E-state index contributed by atoms with van der Waals surface area (Å²) in [5, 5.41) is 0. The minimum atomic E-state index is 0.358. The molecule has 0 aliphatic carbocycles. The largest absolute Gasteiger partial charge is 0.492 e. The number of halogens is 1. The molecule has 1 heterocycles. The van der Waals surface area contributed by atoms with Gasteiger partial charge in [0.05, 0.1) is 19.1 Å². The van der Waals surface area contributed by atoms with Crippen LogP contribution in [-0.4, -0.2) is 50.2 Å². The van der Waals surface area contributed by atoms with Gasteiger partial charge in [0.1, 0.15) is 12.4 Å². The molecule has 0 amide bonds. The van der Waals surface area contributed by atoms with Crippen molar-refractivity contribution in [1.82, 2.24) is 4.90 Å². The molecule has 1 aliphatic rings. The molecule has 3 nitrogen and oxygen atoms in total. The molecule has 0 atom stereocenters. The lowest BCUT2D eigenvalue weighted by molar-refractivity contribution is 0.0322. The average molecular weight is 294 g/mol. The van der Waals surface area contributed by atoms with Crippen LogP contribution in [0.3, 0.4) is 0 Å². The molecule has 1 aromatic rings. The third-order valence-electron chi connectivity index (χ3n) is 3.24. The van der Waals surface area contributed by atoms with Crippen LogP contribution in [0, 0.1) is 18.8 Å². The third-order valence-corrected chi connectivity index (χ3v) is 3.38. The summed E-state index contributed by atoms with van der Waals surface area (Å²) in [5.74, 6) is 7.15. The Morgan fingerprint density at radius 1 is 1.35 bits per heavy atom. The molecular weight excluding hydrogens is 274 g/mol. The molecule has 1 aliphatic heterocycles. The van der Waals surface area contributed by atoms with Crippen LogP contribution in [0.25, 0.3) is 0 Å². The smallest absolute Gasteiger partial charge is 0.122 e. The molecule has 2 rings (SSSR count). The summed E-state index contributed by atoms with van der Waals surface area (Å²) >= 11 is 5.55. The highest BCUT2D eigenvalue weighted by Crippen LogP contribution is 2.18. The van der Waals surface area contributed by atoms with Crippen LogP contribution in [0.4, 0.5) is 0 Å². The van der Waals surface area contributed by atoms with E-state index in [9.17, 15) is 0 Å². The fourth-order valence-corrected chi connectivity index (χ4v) is 2.20. The summed E-state index contributed by atoms with van der Waals surface area (Å²) < 4.78 is 11.2. The van der Waals surface area contributed by atoms with Crippen molar-refractivity contribution >= 4 is 11.6 Å². The number of aryl methyl sites for hydroxylation is 1. The van der Waals surface area contributed by atoms with Gasteiger partial charge in [-0.25, -0.2) is 0 Å². The number of alkyl halides is 1. The van der Waals surface area contributed by atoms with Gasteiger partial charge in [-0.2, -0.15) is 0 Å². The van der Waals surface area contributed by atoms with Crippen LogP contribution in [0.1, 0.15) is 11.1 Å². The Morgan fingerprint density at radius 3 is 2.85 bits per heavy atom. The monoisotopic (exact) mass is 293 g/mol. The van der Waals surface area contributed by atoms with Gasteiger partial charge >= 0.3 is 0 Å². The normalized spacial score (nSPS) is 15.5. The molecular formula is C16H20ClNO2. The van der Waals surface area contributed by atoms with E-state index < -0.39 is 0 Å². The van der Waals surface area contributed by atoms with Crippen molar-refractivity contribution in [1.29, 1.82) is 0 Å². The summed E-state index contributed by atoms with van der Waals surface area (Å²) in [5.41, 5.74) is 2.08. The Bertz CT molecular complexity index is 487. The minimum absolute atomic E-state index is 0.358. The van der Waals surface area contributed by atoms with Gasteiger partial charge in [0, 0.05) is 25.2 Å². The molecule has 0 saturated carbocycles. The molecule has 1 fully saturated rings. The summed E-state index contributed by atoms with van der Waals surface area (Å²) in [7, 11) is 0. The van der Waals surface area contributed by atoms with Gasteiger partial charge in [0.25, 0.3) is 0 Å². The van der Waals surface area contributed by atoms with Crippen LogP contribution in [0.5, 0.6) is 5.75 Å². The molecule has 0 bridgehead atoms. The van der Waals surface area contributed by atoms with Crippen molar-refractivity contribution < 1.29 is 9.47 Å². The third kappa shape index (κ3) is 4.72. The zero-order valence-electron chi connectivity index (χ0n) is 11.8. The molecule has 1 aromatic carbocycles. The molecule has 20 heavy (non-hydrogen) atoms. The maximum Gasteiger partial charge on any atom is 0.122 e. The molecule has 4 heteroatoms. The van der Waals surface area contributed by atoms with Crippen molar-refractivity contribution in [3.8, 4) is 17.6 Å². The van der Waals surface area contributed by atoms with Crippen LogP contribution in [0.2, 0.25) is 0 Å². The lowest BCUT2D eigenvalue weighted by Crippen LogP contribution is -2.38. The number of hydrogen-bond acceptors (Lipinski definition) is 3. The predicted octanol–water partition coefficient (Wildman–Crippen LogP) is 2.30. The number of benzene rings is 1. The minimum Gasteiger partial charge on any atom is -0.492 e. The van der Waals surface area contributed by atoms with Crippen molar-refractivity contribution in [2.24, 2.45) is 0 Å². The molecule has 0 radical (unpaired) electrons. The molecule has 0 spiro atoms. The Morgan fingerprint density at radius 2 is 2.15 bits per heavy atom. The van der Waals surface area contributed by atoms with Gasteiger partial charge in [-0.15, -0.1) is 11.6 Å². The van der Waals surface area contributed by atoms with Gasteiger partial charge < -0.3 is 9.47 Å². The molecule has 0 N–H and O–H groups in total. The topological polar surface area (TPSA) is 21.7 Å². The number of hydrogen-bond donors (Lipinski definition) is 0. The predicted molar refractivity (Wildman–Crippen MR) is 81.5 cm³/mol. The Hall–Kier alpha value is -1.21. The molecule has 0 unspecified atom stereocenters. The molecule has 108 valence electrons. The zero-order valence-corrected chi connectivity index (χ0v) is 12.6. The van der Waals surface area contributed by atoms with Gasteiger partial charge in [-0.3, -0.25) is 4.90 Å². The highest BCUT2D eigenvalue weighted by Gasteiger charge is 2.10. The van der Waals surface area contributed by atoms with E-state index >= 15 is 0 Å². The SMILES string of the molecule is Cc1cc(C#CCCl)ccc1OCCN1CCOCC1. The second-order valence-electron chi connectivity index (χ2n) is 4.72. The van der Waals surface area contributed by atoms with E-state index in [0.29, 0.717) is 12.5 Å². The number of nitrogens with zero attached hydrogens (tertiary/aromatic N) is 1. The van der Waals surface area contributed by atoms with Crippen molar-refractivity contribution in [2.75, 3.05) is 45.3 Å².